The van der Waals surface area contributed by atoms with E-state index in [1.165, 1.54) is 5.56 Å². The zero-order valence-electron chi connectivity index (χ0n) is 13.6. The molecule has 2 aromatic rings. The Morgan fingerprint density at radius 1 is 1.21 bits per heavy atom. The van der Waals surface area contributed by atoms with Gasteiger partial charge in [0.25, 0.3) is 5.91 Å². The number of oxime groups is 1. The summed E-state index contributed by atoms with van der Waals surface area (Å²) in [6.07, 6.45) is 0.715. The van der Waals surface area contributed by atoms with Gasteiger partial charge in [-0.3, -0.25) is 4.79 Å². The average molecular weight is 324 g/mol. The fourth-order valence-electron chi connectivity index (χ4n) is 2.56. The van der Waals surface area contributed by atoms with E-state index in [4.69, 9.17) is 9.57 Å². The van der Waals surface area contributed by atoms with Crippen molar-refractivity contribution in [3.8, 4) is 5.75 Å². The molecular formula is C19H20N2O3. The molecule has 24 heavy (non-hydrogen) atoms. The highest BCUT2D eigenvalue weighted by atomic mass is 16.6. The predicted molar refractivity (Wildman–Crippen MR) is 92.2 cm³/mol. The molecule has 0 spiro atoms. The lowest BCUT2D eigenvalue weighted by molar-refractivity contribution is -0.131. The third kappa shape index (κ3) is 3.93. The highest BCUT2D eigenvalue weighted by Gasteiger charge is 2.28. The topological polar surface area (TPSA) is 59.9 Å². The minimum atomic E-state index is -0.558. The van der Waals surface area contributed by atoms with Crippen molar-refractivity contribution >= 4 is 11.6 Å². The van der Waals surface area contributed by atoms with Crippen LogP contribution in [0.25, 0.3) is 0 Å². The summed E-state index contributed by atoms with van der Waals surface area (Å²) in [5, 5.41) is 6.95. The van der Waals surface area contributed by atoms with Gasteiger partial charge in [0.05, 0.1) is 12.8 Å². The first-order valence-corrected chi connectivity index (χ1v) is 7.95. The number of carbonyl (C=O) groups is 1. The Labute approximate surface area is 141 Å². The van der Waals surface area contributed by atoms with E-state index < -0.39 is 6.10 Å². The molecule has 1 N–H and O–H groups in total. The second-order valence-corrected chi connectivity index (χ2v) is 5.59. The summed E-state index contributed by atoms with van der Waals surface area (Å²) in [5.74, 6) is 0.659. The Balaban J connectivity index is 1.48. The van der Waals surface area contributed by atoms with Crippen LogP contribution in [0.1, 0.15) is 17.5 Å². The average Bonchev–Trinajstić information content (AvgIpc) is 3.13. The summed E-state index contributed by atoms with van der Waals surface area (Å²) in [4.78, 5) is 17.5. The third-order valence-corrected chi connectivity index (χ3v) is 3.94. The van der Waals surface area contributed by atoms with Gasteiger partial charge in [-0.2, -0.15) is 0 Å². The van der Waals surface area contributed by atoms with E-state index in [9.17, 15) is 4.79 Å². The van der Waals surface area contributed by atoms with Gasteiger partial charge in [-0.1, -0.05) is 35.5 Å². The maximum Gasteiger partial charge on any atom is 0.264 e. The van der Waals surface area contributed by atoms with Crippen molar-refractivity contribution in [3.63, 3.8) is 0 Å². The van der Waals surface area contributed by atoms with Crippen molar-refractivity contribution in [1.82, 2.24) is 5.32 Å². The van der Waals surface area contributed by atoms with E-state index in [1.807, 2.05) is 54.6 Å². The molecule has 1 atom stereocenters. The van der Waals surface area contributed by atoms with Crippen LogP contribution in [0.4, 0.5) is 0 Å². The quantitative estimate of drug-likeness (QED) is 0.888. The summed E-state index contributed by atoms with van der Waals surface area (Å²) >= 11 is 0. The normalized spacial score (nSPS) is 16.2. The van der Waals surface area contributed by atoms with Crippen molar-refractivity contribution in [1.29, 1.82) is 0 Å². The van der Waals surface area contributed by atoms with E-state index in [1.54, 1.807) is 7.11 Å². The van der Waals surface area contributed by atoms with E-state index in [0.717, 1.165) is 23.4 Å². The van der Waals surface area contributed by atoms with Crippen LogP contribution < -0.4 is 10.1 Å². The van der Waals surface area contributed by atoms with Crippen LogP contribution in [0.5, 0.6) is 5.75 Å². The first kappa shape index (κ1) is 16.1. The molecular weight excluding hydrogens is 304 g/mol. The van der Waals surface area contributed by atoms with Crippen LogP contribution in [-0.2, 0) is 16.1 Å². The molecule has 1 heterocycles. The fourth-order valence-corrected chi connectivity index (χ4v) is 2.56. The Kier molecular flexibility index (Phi) is 5.11. The molecule has 1 aliphatic rings. The number of carbonyl (C=O) groups excluding carboxylic acids is 1. The smallest absolute Gasteiger partial charge is 0.264 e. The van der Waals surface area contributed by atoms with Crippen LogP contribution in [0.15, 0.2) is 59.8 Å². The Morgan fingerprint density at radius 2 is 1.96 bits per heavy atom. The molecule has 0 saturated heterocycles. The van der Waals surface area contributed by atoms with Gasteiger partial charge in [0, 0.05) is 13.0 Å². The largest absolute Gasteiger partial charge is 0.497 e. The molecule has 0 unspecified atom stereocenters. The van der Waals surface area contributed by atoms with Crippen LogP contribution in [0, 0.1) is 0 Å². The van der Waals surface area contributed by atoms with Crippen LogP contribution in [0.3, 0.4) is 0 Å². The summed E-state index contributed by atoms with van der Waals surface area (Å²) in [6.45, 7) is 0.584. The standard InChI is InChI=1S/C19H20N2O3/c1-23-16-9-7-15(8-10-16)17-13-18(24-21-17)19(22)20-12-11-14-5-3-2-4-6-14/h2-10,18H,11-13H2,1H3,(H,20,22)/t18-/m1/s1. The number of ether oxygens (including phenoxy) is 1. The van der Waals surface area contributed by atoms with Crippen molar-refractivity contribution < 1.29 is 14.4 Å². The maximum atomic E-state index is 12.2. The van der Waals surface area contributed by atoms with Crippen molar-refractivity contribution in [2.75, 3.05) is 13.7 Å². The van der Waals surface area contributed by atoms with E-state index in [2.05, 4.69) is 10.5 Å². The Hall–Kier alpha value is -2.82. The number of benzene rings is 2. The number of nitrogens with zero attached hydrogens (tertiary/aromatic N) is 1. The van der Waals surface area contributed by atoms with Gasteiger partial charge in [0.2, 0.25) is 6.10 Å². The van der Waals surface area contributed by atoms with Gasteiger partial charge in [-0.15, -0.1) is 0 Å². The van der Waals surface area contributed by atoms with Gasteiger partial charge in [-0.05, 0) is 41.8 Å². The number of methoxy groups -OCH3 is 1. The highest BCUT2D eigenvalue weighted by molar-refractivity contribution is 6.04. The summed E-state index contributed by atoms with van der Waals surface area (Å²) in [6, 6.07) is 17.6. The van der Waals surface area contributed by atoms with E-state index in [-0.39, 0.29) is 5.91 Å². The monoisotopic (exact) mass is 324 g/mol. The van der Waals surface area contributed by atoms with E-state index in [0.29, 0.717) is 13.0 Å². The molecule has 0 saturated carbocycles. The fraction of sp³-hybridized carbons (Fsp3) is 0.263. The summed E-state index contributed by atoms with van der Waals surface area (Å²) in [7, 11) is 1.63. The molecule has 0 aliphatic carbocycles. The van der Waals surface area contributed by atoms with E-state index >= 15 is 0 Å². The van der Waals surface area contributed by atoms with Gasteiger partial charge >= 0.3 is 0 Å². The second-order valence-electron chi connectivity index (χ2n) is 5.59. The molecule has 5 heteroatoms. The molecule has 0 aromatic heterocycles. The van der Waals surface area contributed by atoms with Gasteiger partial charge in [0.1, 0.15) is 5.75 Å². The molecule has 0 fully saturated rings. The van der Waals surface area contributed by atoms with Crippen LogP contribution >= 0.6 is 0 Å². The zero-order chi connectivity index (χ0) is 16.8. The Morgan fingerprint density at radius 3 is 2.67 bits per heavy atom. The van der Waals surface area contributed by atoms with Gasteiger partial charge in [0.15, 0.2) is 0 Å². The van der Waals surface area contributed by atoms with Crippen LogP contribution in [0.2, 0.25) is 0 Å². The van der Waals surface area contributed by atoms with Crippen molar-refractivity contribution in [2.45, 2.75) is 18.9 Å². The number of nitrogens with one attached hydrogen (secondary N) is 1. The Bertz CT molecular complexity index is 711. The molecule has 0 radical (unpaired) electrons. The third-order valence-electron chi connectivity index (χ3n) is 3.94. The molecule has 124 valence electrons. The first-order chi connectivity index (χ1) is 11.8. The molecule has 2 aromatic carbocycles. The van der Waals surface area contributed by atoms with Gasteiger partial charge < -0.3 is 14.9 Å². The predicted octanol–water partition coefficient (Wildman–Crippen LogP) is 2.55. The lowest BCUT2D eigenvalue weighted by Gasteiger charge is -2.09. The number of hydrogen-bond donors (Lipinski definition) is 1. The minimum absolute atomic E-state index is 0.127. The van der Waals surface area contributed by atoms with Crippen molar-refractivity contribution in [2.24, 2.45) is 5.16 Å². The molecule has 0 bridgehead atoms. The first-order valence-electron chi connectivity index (χ1n) is 7.95. The second kappa shape index (κ2) is 7.64. The SMILES string of the molecule is COc1ccc(C2=NO[C@@H](C(=O)NCCc3ccccc3)C2)cc1. The van der Waals surface area contributed by atoms with Crippen molar-refractivity contribution in [3.05, 3.63) is 65.7 Å². The molecule has 3 rings (SSSR count). The highest BCUT2D eigenvalue weighted by Crippen LogP contribution is 2.19. The van der Waals surface area contributed by atoms with Gasteiger partial charge in [-0.25, -0.2) is 0 Å². The summed E-state index contributed by atoms with van der Waals surface area (Å²) in [5.41, 5.74) is 2.91. The molecule has 1 aliphatic heterocycles. The molecule has 1 amide bonds. The lowest BCUT2D eigenvalue weighted by atomic mass is 10.0. The lowest BCUT2D eigenvalue weighted by Crippen LogP contribution is -2.36. The van der Waals surface area contributed by atoms with Crippen LogP contribution in [-0.4, -0.2) is 31.4 Å². The zero-order valence-corrected chi connectivity index (χ0v) is 13.6. The maximum absolute atomic E-state index is 12.2. The summed E-state index contributed by atoms with van der Waals surface area (Å²) < 4.78 is 5.14. The number of rotatable bonds is 6. The molecule has 5 nitrogen and oxygen atoms in total. The number of amides is 1. The number of hydrogen-bond acceptors (Lipinski definition) is 4. The minimum Gasteiger partial charge on any atom is -0.497 e.